The van der Waals surface area contributed by atoms with Crippen molar-refractivity contribution in [2.45, 2.75) is 0 Å². The lowest BCUT2D eigenvalue weighted by Crippen LogP contribution is -3.00. The van der Waals surface area contributed by atoms with Crippen LogP contribution in [0.25, 0.3) is 91.4 Å². The predicted molar refractivity (Wildman–Crippen MR) is 224 cm³/mol. The number of esters is 2. The summed E-state index contributed by atoms with van der Waals surface area (Å²) in [6.07, 6.45) is 16.3. The molecule has 2 aliphatic rings. The van der Waals surface area contributed by atoms with E-state index in [-0.39, 0.29) is 24.8 Å². The summed E-state index contributed by atoms with van der Waals surface area (Å²) in [4.78, 5) is 43.1. The van der Waals surface area contributed by atoms with Gasteiger partial charge in [-0.15, -0.1) is 0 Å². The average molecular weight is 840 g/mol. The minimum Gasteiger partial charge on any atom is -1.00 e. The summed E-state index contributed by atoms with van der Waals surface area (Å²) < 4.78 is 18.3. The van der Waals surface area contributed by atoms with Crippen molar-refractivity contribution in [2.24, 2.45) is 28.2 Å². The summed E-state index contributed by atoms with van der Waals surface area (Å²) in [5, 5.41) is 0. The normalized spacial score (nSPS) is 11.6. The van der Waals surface area contributed by atoms with Gasteiger partial charge in [-0.25, -0.2) is 37.8 Å². The molecule has 0 saturated heterocycles. The van der Waals surface area contributed by atoms with E-state index in [1.807, 2.05) is 102 Å². The lowest BCUT2D eigenvalue weighted by Gasteiger charge is -2.07. The molecule has 0 fully saturated rings. The first-order valence-corrected chi connectivity index (χ1v) is 18.7. The molecule has 0 amide bonds. The van der Waals surface area contributed by atoms with E-state index < -0.39 is 11.9 Å². The van der Waals surface area contributed by atoms with Crippen LogP contribution in [0.4, 0.5) is 0 Å². The van der Waals surface area contributed by atoms with E-state index in [2.05, 4.69) is 52.5 Å². The quantitative estimate of drug-likeness (QED) is 0.192. The molecule has 7 heterocycles. The van der Waals surface area contributed by atoms with Gasteiger partial charge in [-0.2, -0.15) is 0 Å². The Kier molecular flexibility index (Phi) is 11.2. The number of aromatic nitrogens is 8. The fraction of sp³-hybridized carbons (Fsp3) is 0.130. The van der Waals surface area contributed by atoms with Gasteiger partial charge in [-0.05, 0) is 84.0 Å². The van der Waals surface area contributed by atoms with E-state index in [4.69, 9.17) is 19.4 Å². The van der Waals surface area contributed by atoms with Crippen molar-refractivity contribution >= 4 is 58.3 Å². The van der Waals surface area contributed by atoms with Crippen molar-refractivity contribution < 1.29 is 53.0 Å². The Bertz CT molecular complexity index is 2820. The highest BCUT2D eigenvalue weighted by Gasteiger charge is 2.26. The first kappa shape index (κ1) is 41.2. The predicted octanol–water partition coefficient (Wildman–Crippen LogP) is 1.23. The summed E-state index contributed by atoms with van der Waals surface area (Å²) in [7, 11) is 10.8. The molecule has 0 saturated carbocycles. The zero-order chi connectivity index (χ0) is 40.2. The van der Waals surface area contributed by atoms with Gasteiger partial charge in [0, 0.05) is 22.2 Å². The molecule has 0 radical (unpaired) electrons. The van der Waals surface area contributed by atoms with Crippen LogP contribution in [0.2, 0.25) is 0 Å². The number of fused-ring (bicyclic) bond motifs is 8. The molecule has 0 aliphatic carbocycles. The minimum absolute atomic E-state index is 0. The van der Waals surface area contributed by atoms with E-state index in [0.29, 0.717) is 11.1 Å². The van der Waals surface area contributed by atoms with Crippen molar-refractivity contribution in [1.82, 2.24) is 29.1 Å². The molecule has 14 heteroatoms. The summed E-state index contributed by atoms with van der Waals surface area (Å²) in [6.45, 7) is 0. The number of ether oxygens (including phenoxy) is 2. The summed E-state index contributed by atoms with van der Waals surface area (Å²) in [5.41, 5.74) is 12.6. The van der Waals surface area contributed by atoms with Crippen molar-refractivity contribution in [1.29, 1.82) is 0 Å². The molecule has 60 heavy (non-hydrogen) atoms. The van der Waals surface area contributed by atoms with Crippen LogP contribution in [0.15, 0.2) is 97.6 Å². The second-order valence-corrected chi connectivity index (χ2v) is 14.3. The molecule has 0 unspecified atom stereocenters. The highest BCUT2D eigenvalue weighted by atomic mass is 35.5. The van der Waals surface area contributed by atoms with Crippen LogP contribution in [0.1, 0.15) is 43.5 Å². The topological polar surface area (TPSA) is 128 Å². The molecule has 302 valence electrons. The Morgan fingerprint density at radius 2 is 0.833 bits per heavy atom. The van der Waals surface area contributed by atoms with E-state index in [9.17, 15) is 9.59 Å². The monoisotopic (exact) mass is 838 g/mol. The van der Waals surface area contributed by atoms with Crippen molar-refractivity contribution in [2.75, 3.05) is 14.2 Å². The fourth-order valence-electron chi connectivity index (χ4n) is 7.95. The Labute approximate surface area is 358 Å². The van der Waals surface area contributed by atoms with Crippen LogP contribution in [0.5, 0.6) is 0 Å². The number of benzene rings is 2. The van der Waals surface area contributed by atoms with Gasteiger partial charge < -0.3 is 44.3 Å². The minimum atomic E-state index is -0.403. The van der Waals surface area contributed by atoms with Gasteiger partial charge in [0.2, 0.25) is 0 Å². The molecule has 0 spiro atoms. The van der Waals surface area contributed by atoms with E-state index >= 15 is 0 Å². The molecule has 7 aromatic rings. The smallest absolute Gasteiger partial charge is 0.337 e. The van der Waals surface area contributed by atoms with Crippen molar-refractivity contribution in [3.63, 3.8) is 0 Å². The number of hydrogen-bond acceptors (Lipinski definition) is 6. The van der Waals surface area contributed by atoms with Crippen molar-refractivity contribution in [3.05, 3.63) is 131 Å². The molecule has 2 aromatic carbocycles. The number of carbonyl (C=O) groups is 2. The van der Waals surface area contributed by atoms with Gasteiger partial charge in [-0.1, -0.05) is 24.3 Å². The van der Waals surface area contributed by atoms with Crippen LogP contribution in [0, 0.1) is 0 Å². The second-order valence-electron chi connectivity index (χ2n) is 14.3. The second kappa shape index (κ2) is 16.3. The zero-order valence-electron chi connectivity index (χ0n) is 33.6. The van der Waals surface area contributed by atoms with E-state index in [1.54, 1.807) is 24.3 Å². The number of hydrogen-bond donors (Lipinski definition) is 2. The molecule has 2 aliphatic heterocycles. The van der Waals surface area contributed by atoms with Crippen molar-refractivity contribution in [3.8, 4) is 45.0 Å². The number of methoxy groups -OCH3 is 2. The lowest BCUT2D eigenvalue weighted by atomic mass is 10.0. The number of rotatable bonds is 6. The first-order valence-electron chi connectivity index (χ1n) is 18.7. The number of nitrogens with zero attached hydrogens (tertiary/aromatic N) is 6. The standard InChI is InChI=1S/C46H39N8O4.2ClH/c1-51-23-24-52(2)43(51)41-35-19-15-31(47-35)39(27-7-11-29(12-8-27)45(55)57-5)33-17-21-37(49-33)42(44-53(3)25-26-54(44)4)38-22-18-34(50-38)40(32-16-20-36(41)48-32)28-9-13-30(14-10-28)46(56)58-6;;/h7-26H,1-6H3,(H,47,48,49,50);2*1H/q+1;;/p-1. The highest BCUT2D eigenvalue weighted by Crippen LogP contribution is 2.37. The third-order valence-corrected chi connectivity index (χ3v) is 10.8. The van der Waals surface area contributed by atoms with Gasteiger partial charge >= 0.3 is 11.9 Å². The van der Waals surface area contributed by atoms with Crippen LogP contribution < -0.4 is 33.9 Å². The molecular formula is C46H40Cl2N8O4. The van der Waals surface area contributed by atoms with E-state index in [0.717, 1.165) is 89.9 Å². The Morgan fingerprint density at radius 1 is 0.517 bits per heavy atom. The largest absolute Gasteiger partial charge is 1.00 e. The third-order valence-electron chi connectivity index (χ3n) is 10.8. The number of aryl methyl sites for hydroxylation is 4. The number of nitrogens with one attached hydrogen (secondary N) is 2. The van der Waals surface area contributed by atoms with Crippen LogP contribution in [-0.2, 0) is 37.7 Å². The van der Waals surface area contributed by atoms with Gasteiger partial charge in [0.15, 0.2) is 0 Å². The summed E-state index contributed by atoms with van der Waals surface area (Å²) in [5.74, 6) is 1.08. The maximum absolute atomic E-state index is 12.4. The zero-order valence-corrected chi connectivity index (χ0v) is 35.1. The van der Waals surface area contributed by atoms with E-state index in [1.165, 1.54) is 14.2 Å². The highest BCUT2D eigenvalue weighted by molar-refractivity contribution is 5.99. The Morgan fingerprint density at radius 3 is 1.13 bits per heavy atom. The summed E-state index contributed by atoms with van der Waals surface area (Å²) >= 11 is 0. The number of halogens is 2. The average Bonchev–Trinajstić information content (AvgIpc) is 4.12. The van der Waals surface area contributed by atoms with Gasteiger partial charge in [-0.3, -0.25) is 0 Å². The number of aromatic amines is 2. The number of H-pyrrole nitrogens is 2. The van der Waals surface area contributed by atoms with Gasteiger partial charge in [0.05, 0.1) is 87.3 Å². The molecule has 8 bridgehead atoms. The lowest BCUT2D eigenvalue weighted by molar-refractivity contribution is -0.659. The maximum atomic E-state index is 12.4. The van der Waals surface area contributed by atoms with Gasteiger partial charge in [0.25, 0.3) is 11.6 Å². The molecule has 2 N–H and O–H groups in total. The Balaban J connectivity index is 0.00000272. The SMILES string of the molecule is COC(=O)c1ccc(-c2c3nc(c(-c4n(C)cc[n+]4C)c4ccc([nH]4)c(-c4ccc(C(=O)OC)cc4)c4nc(c(-c5n(C)cc[n+]5C)c5ccc2[nH]5)C=C4)C=C3)cc1.[Cl-].[Cl-]. The summed E-state index contributed by atoms with van der Waals surface area (Å²) in [6, 6.07) is 23.1. The molecule has 5 aromatic heterocycles. The van der Waals surface area contributed by atoms with Crippen LogP contribution >= 0.6 is 0 Å². The first-order chi connectivity index (χ1) is 28.1. The number of carbonyl (C=O) groups excluding carboxylic acids is 2. The number of imidazole rings is 2. The maximum Gasteiger partial charge on any atom is 0.337 e. The molecule has 9 rings (SSSR count). The van der Waals surface area contributed by atoms with Crippen LogP contribution in [-0.4, -0.2) is 55.2 Å². The molecule has 12 nitrogen and oxygen atoms in total. The third kappa shape index (κ3) is 6.99. The fourth-order valence-corrected chi connectivity index (χ4v) is 7.95. The van der Waals surface area contributed by atoms with Gasteiger partial charge in [0.1, 0.15) is 35.9 Å². The molecular weight excluding hydrogens is 799 g/mol. The molecule has 0 atom stereocenters. The Hall–Kier alpha value is -7.02. The van der Waals surface area contributed by atoms with Crippen LogP contribution in [0.3, 0.4) is 0 Å².